The molecule has 0 heterocycles. The molecule has 2 rings (SSSR count). The highest BCUT2D eigenvalue weighted by Gasteiger charge is 1.99. The van der Waals surface area contributed by atoms with Crippen LogP contribution in [0.1, 0.15) is 11.1 Å². The molecule has 82 valence electrons. The zero-order valence-corrected chi connectivity index (χ0v) is 11.4. The molecule has 0 spiro atoms. The van der Waals surface area contributed by atoms with Gasteiger partial charge >= 0.3 is 0 Å². The van der Waals surface area contributed by atoms with Gasteiger partial charge in [0.05, 0.1) is 0 Å². The molecule has 0 saturated heterocycles. The van der Waals surface area contributed by atoms with Crippen molar-refractivity contribution >= 4 is 28.3 Å². The molecule has 0 aliphatic rings. The summed E-state index contributed by atoms with van der Waals surface area (Å²) in [4.78, 5) is 0. The number of benzene rings is 2. The van der Waals surface area contributed by atoms with Gasteiger partial charge in [-0.05, 0) is 52.8 Å². The normalized spacial score (nSPS) is 10.1. The number of hydrogen-bond donors (Lipinski definition) is 1. The van der Waals surface area contributed by atoms with Gasteiger partial charge in [0.15, 0.2) is 0 Å². The molecule has 2 aromatic rings. The smallest absolute Gasteiger partial charge is 0.0478 e. The van der Waals surface area contributed by atoms with Gasteiger partial charge in [-0.2, -0.15) is 0 Å². The first kappa shape index (κ1) is 11.5. The summed E-state index contributed by atoms with van der Waals surface area (Å²) in [6, 6.07) is 16.9. The molecule has 0 unspecified atom stereocenters. The topological polar surface area (TPSA) is 12.0 Å². The fraction of sp³-hybridized carbons (Fsp3) is 0.143. The Morgan fingerprint density at radius 3 is 2.50 bits per heavy atom. The van der Waals surface area contributed by atoms with Gasteiger partial charge in [0.1, 0.15) is 0 Å². The Bertz CT molecular complexity index is 465. The zero-order chi connectivity index (χ0) is 11.4. The molecule has 0 radical (unpaired) electrons. The van der Waals surface area contributed by atoms with Crippen LogP contribution in [0.15, 0.2) is 48.5 Å². The van der Waals surface area contributed by atoms with Gasteiger partial charge in [0.25, 0.3) is 0 Å². The summed E-state index contributed by atoms with van der Waals surface area (Å²) < 4.78 is 1.27. The fourth-order valence-corrected chi connectivity index (χ4v) is 2.42. The number of rotatable bonds is 3. The van der Waals surface area contributed by atoms with Crippen molar-refractivity contribution in [1.29, 1.82) is 0 Å². The van der Waals surface area contributed by atoms with Crippen molar-refractivity contribution in [2.75, 3.05) is 5.32 Å². The van der Waals surface area contributed by atoms with Crippen LogP contribution in [0.2, 0.25) is 0 Å². The van der Waals surface area contributed by atoms with Crippen molar-refractivity contribution in [3.05, 3.63) is 63.2 Å². The van der Waals surface area contributed by atoms with Crippen LogP contribution in [0, 0.1) is 10.5 Å². The Labute approximate surface area is 110 Å². The highest BCUT2D eigenvalue weighted by atomic mass is 127. The van der Waals surface area contributed by atoms with Crippen molar-refractivity contribution in [2.24, 2.45) is 0 Å². The third-order valence-corrected chi connectivity index (χ3v) is 3.34. The van der Waals surface area contributed by atoms with Crippen LogP contribution >= 0.6 is 22.6 Å². The maximum Gasteiger partial charge on any atom is 0.0478 e. The summed E-state index contributed by atoms with van der Waals surface area (Å²) in [5, 5.41) is 3.45. The van der Waals surface area contributed by atoms with E-state index in [1.165, 1.54) is 20.4 Å². The van der Waals surface area contributed by atoms with Crippen molar-refractivity contribution < 1.29 is 0 Å². The molecule has 0 aliphatic heterocycles. The van der Waals surface area contributed by atoms with Gasteiger partial charge in [-0.1, -0.05) is 36.4 Å². The second kappa shape index (κ2) is 5.34. The van der Waals surface area contributed by atoms with E-state index >= 15 is 0 Å². The summed E-state index contributed by atoms with van der Waals surface area (Å²) in [5.74, 6) is 0. The lowest BCUT2D eigenvalue weighted by atomic mass is 10.2. The van der Waals surface area contributed by atoms with E-state index in [1.807, 2.05) is 6.07 Å². The molecule has 0 fully saturated rings. The largest absolute Gasteiger partial charge is 0.380 e. The zero-order valence-electron chi connectivity index (χ0n) is 9.20. The lowest BCUT2D eigenvalue weighted by Gasteiger charge is -2.09. The van der Waals surface area contributed by atoms with E-state index in [0.29, 0.717) is 0 Å². The quantitative estimate of drug-likeness (QED) is 0.834. The van der Waals surface area contributed by atoms with E-state index in [0.717, 1.165) is 6.54 Å². The van der Waals surface area contributed by atoms with Crippen LogP contribution in [0.3, 0.4) is 0 Å². The Balaban J connectivity index is 2.05. The summed E-state index contributed by atoms with van der Waals surface area (Å²) in [6.45, 7) is 2.99. The van der Waals surface area contributed by atoms with Crippen LogP contribution in [-0.2, 0) is 6.54 Å². The third kappa shape index (κ3) is 2.98. The average molecular weight is 323 g/mol. The van der Waals surface area contributed by atoms with Crippen molar-refractivity contribution in [1.82, 2.24) is 0 Å². The molecule has 2 heteroatoms. The molecule has 0 aliphatic carbocycles. The molecule has 0 atom stereocenters. The first-order chi connectivity index (χ1) is 7.75. The van der Waals surface area contributed by atoms with Crippen LogP contribution in [0.5, 0.6) is 0 Å². The molecule has 0 amide bonds. The first-order valence-corrected chi connectivity index (χ1v) is 6.37. The number of halogens is 1. The van der Waals surface area contributed by atoms with E-state index in [-0.39, 0.29) is 0 Å². The number of nitrogens with one attached hydrogen (secondary N) is 1. The minimum atomic E-state index is 0.875. The van der Waals surface area contributed by atoms with Crippen LogP contribution in [-0.4, -0.2) is 0 Å². The number of aryl methyl sites for hydroxylation is 1. The van der Waals surface area contributed by atoms with Gasteiger partial charge in [0, 0.05) is 15.8 Å². The molecule has 16 heavy (non-hydrogen) atoms. The van der Waals surface area contributed by atoms with E-state index in [1.54, 1.807) is 0 Å². The Morgan fingerprint density at radius 1 is 1.06 bits per heavy atom. The Hall–Kier alpha value is -1.03. The van der Waals surface area contributed by atoms with Gasteiger partial charge in [0.2, 0.25) is 0 Å². The molecule has 0 aromatic heterocycles. The number of hydrogen-bond acceptors (Lipinski definition) is 1. The van der Waals surface area contributed by atoms with Crippen LogP contribution < -0.4 is 5.32 Å². The SMILES string of the molecule is Cc1ccc(NCc2ccccc2)c(I)c1. The summed E-state index contributed by atoms with van der Waals surface area (Å²) in [7, 11) is 0. The van der Waals surface area contributed by atoms with Crippen molar-refractivity contribution in [2.45, 2.75) is 13.5 Å². The van der Waals surface area contributed by atoms with E-state index in [9.17, 15) is 0 Å². The van der Waals surface area contributed by atoms with Gasteiger partial charge in [-0.15, -0.1) is 0 Å². The van der Waals surface area contributed by atoms with Gasteiger partial charge in [-0.3, -0.25) is 0 Å². The standard InChI is InChI=1S/C14H14IN/c1-11-7-8-14(13(15)9-11)16-10-12-5-3-2-4-6-12/h2-9,16H,10H2,1H3. The Morgan fingerprint density at radius 2 is 1.81 bits per heavy atom. The first-order valence-electron chi connectivity index (χ1n) is 5.29. The van der Waals surface area contributed by atoms with Crippen LogP contribution in [0.25, 0.3) is 0 Å². The third-order valence-electron chi connectivity index (χ3n) is 2.45. The second-order valence-electron chi connectivity index (χ2n) is 3.82. The minimum absolute atomic E-state index is 0.875. The lowest BCUT2D eigenvalue weighted by Crippen LogP contribution is -2.00. The molecule has 1 nitrogen and oxygen atoms in total. The van der Waals surface area contributed by atoms with E-state index < -0.39 is 0 Å². The minimum Gasteiger partial charge on any atom is -0.380 e. The van der Waals surface area contributed by atoms with Crippen molar-refractivity contribution in [3.8, 4) is 0 Å². The molecule has 0 saturated carbocycles. The average Bonchev–Trinajstić information content (AvgIpc) is 2.29. The predicted octanol–water partition coefficient (Wildman–Crippen LogP) is 4.21. The van der Waals surface area contributed by atoms with Crippen LogP contribution in [0.4, 0.5) is 5.69 Å². The predicted molar refractivity (Wildman–Crippen MR) is 77.7 cm³/mol. The molecule has 0 bridgehead atoms. The van der Waals surface area contributed by atoms with Gasteiger partial charge in [-0.25, -0.2) is 0 Å². The van der Waals surface area contributed by atoms with Crippen molar-refractivity contribution in [3.63, 3.8) is 0 Å². The number of anilines is 1. The molecule has 2 aromatic carbocycles. The fourth-order valence-electron chi connectivity index (χ4n) is 1.56. The second-order valence-corrected chi connectivity index (χ2v) is 4.98. The lowest BCUT2D eigenvalue weighted by molar-refractivity contribution is 1.14. The highest BCUT2D eigenvalue weighted by molar-refractivity contribution is 14.1. The van der Waals surface area contributed by atoms with E-state index in [4.69, 9.17) is 0 Å². The summed E-state index contributed by atoms with van der Waals surface area (Å²) in [6.07, 6.45) is 0. The maximum atomic E-state index is 3.45. The summed E-state index contributed by atoms with van der Waals surface area (Å²) >= 11 is 2.37. The van der Waals surface area contributed by atoms with Gasteiger partial charge < -0.3 is 5.32 Å². The van der Waals surface area contributed by atoms with E-state index in [2.05, 4.69) is 77.3 Å². The molecular weight excluding hydrogens is 309 g/mol. The maximum absolute atomic E-state index is 3.45. The highest BCUT2D eigenvalue weighted by Crippen LogP contribution is 2.19. The Kier molecular flexibility index (Phi) is 3.83. The summed E-state index contributed by atoms with van der Waals surface area (Å²) in [5.41, 5.74) is 3.81. The molecule has 1 N–H and O–H groups in total. The monoisotopic (exact) mass is 323 g/mol. The molecular formula is C14H14IN.